The number of nitrogens with one attached hydrogen (secondary N) is 2. The predicted octanol–water partition coefficient (Wildman–Crippen LogP) is 3.04. The highest BCUT2D eigenvalue weighted by Gasteiger charge is 2.62. The molecule has 5 atom stereocenters. The van der Waals surface area contributed by atoms with E-state index in [1.54, 1.807) is 0 Å². The van der Waals surface area contributed by atoms with Gasteiger partial charge in [0.15, 0.2) is 0 Å². The topological polar surface area (TPSA) is 174 Å². The Kier molecular flexibility index (Phi) is 8.51. The van der Waals surface area contributed by atoms with Crippen LogP contribution in [0.1, 0.15) is 57.8 Å². The van der Waals surface area contributed by atoms with E-state index in [1.165, 1.54) is 16.2 Å². The van der Waals surface area contributed by atoms with Crippen molar-refractivity contribution < 1.29 is 27.5 Å². The molecule has 7 rings (SSSR count). The highest BCUT2D eigenvalue weighted by Crippen LogP contribution is 2.46. The Morgan fingerprint density at radius 1 is 1.06 bits per heavy atom. The number of carbonyl (C=O) groups is 3. The molecule has 1 saturated heterocycles. The van der Waals surface area contributed by atoms with Gasteiger partial charge in [0.05, 0.1) is 33.7 Å². The highest BCUT2D eigenvalue weighted by atomic mass is 32.2. The Morgan fingerprint density at radius 2 is 1.85 bits per heavy atom. The van der Waals surface area contributed by atoms with Crippen molar-refractivity contribution in [1.82, 2.24) is 24.9 Å². The normalized spacial score (nSPS) is 29.2. The zero-order chi connectivity index (χ0) is 32.8. The molecule has 2 aromatic heterocycles. The molecule has 4 N–H and O–H groups in total. The second-order valence-corrected chi connectivity index (χ2v) is 15.9. The number of carbonyl (C=O) groups excluding carboxylic acids is 3. The largest absolute Gasteiger partial charge is 0.471 e. The first-order chi connectivity index (χ1) is 22.6. The molecule has 1 unspecified atom stereocenters. The molecule has 3 aromatic rings. The summed E-state index contributed by atoms with van der Waals surface area (Å²) in [6.07, 6.45) is 8.41. The SMILES string of the molecule is N[C@@H]1CCCCC/C=C\C2C[C@@]2(C(=O)NS(=O)(=O)C2CC2)NC(=O)[C@@H]2C[C@@H](Oc3nc4ccccc4nc3-c3cccs3)CN2C1=O. The Bertz CT molecular complexity index is 1830. The van der Waals surface area contributed by atoms with Gasteiger partial charge in [0.2, 0.25) is 27.7 Å². The lowest BCUT2D eigenvalue weighted by Crippen LogP contribution is -2.57. The van der Waals surface area contributed by atoms with E-state index in [0.717, 1.165) is 30.6 Å². The summed E-state index contributed by atoms with van der Waals surface area (Å²) in [5.41, 5.74) is 6.89. The quantitative estimate of drug-likeness (QED) is 0.331. The van der Waals surface area contributed by atoms with Crippen molar-refractivity contribution in [2.24, 2.45) is 11.7 Å². The van der Waals surface area contributed by atoms with Crippen LogP contribution in [0.3, 0.4) is 0 Å². The number of nitrogens with two attached hydrogens (primary N) is 1. The van der Waals surface area contributed by atoms with Gasteiger partial charge in [-0.05, 0) is 62.1 Å². The van der Waals surface area contributed by atoms with E-state index in [9.17, 15) is 22.8 Å². The summed E-state index contributed by atoms with van der Waals surface area (Å²) in [5, 5.41) is 4.23. The molecule has 3 fully saturated rings. The van der Waals surface area contributed by atoms with Crippen LogP contribution in [0.5, 0.6) is 5.88 Å². The fourth-order valence-electron chi connectivity index (χ4n) is 6.54. The van der Waals surface area contributed by atoms with Crippen molar-refractivity contribution in [3.8, 4) is 16.5 Å². The first-order valence-corrected chi connectivity index (χ1v) is 18.7. The molecular weight excluding hydrogens is 641 g/mol. The standard InChI is InChI=1S/C33H38N6O6S2/c34-23-10-5-3-1-2-4-9-20-18-33(20,32(42)38-47(43,44)22-14-15-22)37-29(40)26-17-21(19-39(26)31(23)41)45-30-28(27-13-8-16-46-27)35-24-11-6-7-12-25(24)36-30/h4,6-9,11-13,16,20-23,26H,1-3,5,10,14-15,17-19,34H2,(H,37,40)(H,38,42)/b9-4-/t20?,21-,23-,26+,33-/m1/s1. The Morgan fingerprint density at radius 3 is 2.60 bits per heavy atom. The number of nitrogens with zero attached hydrogens (tertiary/aromatic N) is 3. The third-order valence-corrected chi connectivity index (χ3v) is 12.2. The molecule has 2 saturated carbocycles. The van der Waals surface area contributed by atoms with Gasteiger partial charge in [-0.15, -0.1) is 11.3 Å². The summed E-state index contributed by atoms with van der Waals surface area (Å²) in [7, 11) is -3.83. The lowest BCUT2D eigenvalue weighted by molar-refractivity contribution is -0.140. The van der Waals surface area contributed by atoms with Crippen molar-refractivity contribution in [2.45, 2.75) is 86.8 Å². The molecule has 248 valence electrons. The minimum absolute atomic E-state index is 0.0849. The minimum atomic E-state index is -3.83. The number of hydrogen-bond acceptors (Lipinski definition) is 10. The van der Waals surface area contributed by atoms with Crippen LogP contribution >= 0.6 is 11.3 Å². The molecule has 2 aliphatic carbocycles. The lowest BCUT2D eigenvalue weighted by atomic mass is 10.1. The number of amides is 3. The molecule has 0 bridgehead atoms. The maximum absolute atomic E-state index is 14.1. The van der Waals surface area contributed by atoms with Crippen LogP contribution in [0, 0.1) is 5.92 Å². The average molecular weight is 679 g/mol. The van der Waals surface area contributed by atoms with Crippen molar-refractivity contribution in [1.29, 1.82) is 0 Å². The summed E-state index contributed by atoms with van der Waals surface area (Å²) in [6, 6.07) is 9.53. The van der Waals surface area contributed by atoms with Gasteiger partial charge in [-0.2, -0.15) is 0 Å². The van der Waals surface area contributed by atoms with Gasteiger partial charge in [0.25, 0.3) is 5.91 Å². The second kappa shape index (κ2) is 12.6. The molecule has 0 spiro atoms. The zero-order valence-corrected chi connectivity index (χ0v) is 27.5. The van der Waals surface area contributed by atoms with Crippen LogP contribution in [0.25, 0.3) is 21.6 Å². The second-order valence-electron chi connectivity index (χ2n) is 12.9. The molecule has 0 radical (unpaired) electrons. The molecule has 3 amide bonds. The van der Waals surface area contributed by atoms with Gasteiger partial charge in [-0.3, -0.25) is 19.1 Å². The average Bonchev–Trinajstić information content (AvgIpc) is 3.92. The van der Waals surface area contributed by atoms with Crippen LogP contribution in [0.4, 0.5) is 0 Å². The molecule has 47 heavy (non-hydrogen) atoms. The molecular formula is C33H38N6O6S2. The minimum Gasteiger partial charge on any atom is -0.471 e. The van der Waals surface area contributed by atoms with Gasteiger partial charge in [-0.1, -0.05) is 43.2 Å². The lowest BCUT2D eigenvalue weighted by Gasteiger charge is -2.28. The maximum atomic E-state index is 14.1. The molecule has 2 aliphatic heterocycles. The number of aromatic nitrogens is 2. The van der Waals surface area contributed by atoms with Crippen LogP contribution in [0.15, 0.2) is 53.9 Å². The number of benzene rings is 1. The van der Waals surface area contributed by atoms with E-state index >= 15 is 0 Å². The van der Waals surface area contributed by atoms with Crippen molar-refractivity contribution in [3.05, 3.63) is 53.9 Å². The van der Waals surface area contributed by atoms with Crippen molar-refractivity contribution >= 4 is 50.1 Å². The number of para-hydroxylation sites is 2. The predicted molar refractivity (Wildman–Crippen MR) is 177 cm³/mol. The monoisotopic (exact) mass is 678 g/mol. The van der Waals surface area contributed by atoms with Crippen molar-refractivity contribution in [3.63, 3.8) is 0 Å². The maximum Gasteiger partial charge on any atom is 0.259 e. The fraction of sp³-hybridized carbons (Fsp3) is 0.485. The molecule has 12 nitrogen and oxygen atoms in total. The highest BCUT2D eigenvalue weighted by molar-refractivity contribution is 7.91. The summed E-state index contributed by atoms with van der Waals surface area (Å²) < 4.78 is 34.1. The van der Waals surface area contributed by atoms with E-state index in [-0.39, 0.29) is 31.2 Å². The number of allylic oxidation sites excluding steroid dienone is 1. The van der Waals surface area contributed by atoms with Gasteiger partial charge >= 0.3 is 0 Å². The van der Waals surface area contributed by atoms with Gasteiger partial charge in [-0.25, -0.2) is 18.4 Å². The Labute approximate surface area is 277 Å². The fourth-order valence-corrected chi connectivity index (χ4v) is 8.61. The van der Waals surface area contributed by atoms with Crippen molar-refractivity contribution in [2.75, 3.05) is 6.54 Å². The number of rotatable bonds is 6. The molecule has 4 heterocycles. The van der Waals surface area contributed by atoms with Gasteiger partial charge < -0.3 is 20.7 Å². The molecule has 1 aromatic carbocycles. The van der Waals surface area contributed by atoms with Crippen LogP contribution in [-0.4, -0.2) is 76.5 Å². The van der Waals surface area contributed by atoms with E-state index in [4.69, 9.17) is 20.4 Å². The zero-order valence-electron chi connectivity index (χ0n) is 25.8. The first-order valence-electron chi connectivity index (χ1n) is 16.2. The Balaban J connectivity index is 1.18. The van der Waals surface area contributed by atoms with E-state index in [2.05, 4.69) is 10.0 Å². The molecule has 4 aliphatic rings. The van der Waals surface area contributed by atoms with Gasteiger partial charge in [0.1, 0.15) is 23.4 Å². The third-order valence-electron chi connectivity index (χ3n) is 9.46. The molecule has 14 heteroatoms. The summed E-state index contributed by atoms with van der Waals surface area (Å²) in [6.45, 7) is 0.0849. The number of thiophene rings is 1. The van der Waals surface area contributed by atoms with Crippen LogP contribution < -0.4 is 20.5 Å². The first kappa shape index (κ1) is 31.7. The van der Waals surface area contributed by atoms with Crippen LogP contribution in [-0.2, 0) is 24.4 Å². The van der Waals surface area contributed by atoms with E-state index < -0.39 is 50.8 Å². The number of ether oxygens (including phenoxy) is 1. The van der Waals surface area contributed by atoms with E-state index in [1.807, 2.05) is 53.9 Å². The number of sulfonamides is 1. The smallest absolute Gasteiger partial charge is 0.259 e. The Hall–Kier alpha value is -3.88. The van der Waals surface area contributed by atoms with Crippen LogP contribution in [0.2, 0.25) is 0 Å². The number of fused-ring (bicyclic) bond motifs is 3. The number of hydrogen-bond donors (Lipinski definition) is 3. The summed E-state index contributed by atoms with van der Waals surface area (Å²) in [4.78, 5) is 53.3. The van der Waals surface area contributed by atoms with E-state index in [0.29, 0.717) is 41.9 Å². The third kappa shape index (κ3) is 6.50. The summed E-state index contributed by atoms with van der Waals surface area (Å²) >= 11 is 1.50. The van der Waals surface area contributed by atoms with Gasteiger partial charge in [0, 0.05) is 12.3 Å². The summed E-state index contributed by atoms with van der Waals surface area (Å²) in [5.74, 6) is -1.74.